The van der Waals surface area contributed by atoms with Crippen LogP contribution in [0.5, 0.6) is 0 Å². The summed E-state index contributed by atoms with van der Waals surface area (Å²) >= 11 is 0. The van der Waals surface area contributed by atoms with Crippen molar-refractivity contribution in [3.8, 4) is 0 Å². The molecule has 68 valence electrons. The van der Waals surface area contributed by atoms with Crippen molar-refractivity contribution in [3.05, 3.63) is 0 Å². The Hall–Kier alpha value is -0.660. The highest BCUT2D eigenvalue weighted by molar-refractivity contribution is 5.33. The molecule has 1 fully saturated rings. The predicted octanol–water partition coefficient (Wildman–Crippen LogP) is 1.53. The monoisotopic (exact) mass is 169 g/mol. The summed E-state index contributed by atoms with van der Waals surface area (Å²) < 4.78 is 5.07. The second-order valence-corrected chi connectivity index (χ2v) is 3.35. The first-order valence-electron chi connectivity index (χ1n) is 4.42. The van der Waals surface area contributed by atoms with Crippen LogP contribution < -0.4 is 0 Å². The molecule has 0 aromatic heterocycles. The highest BCUT2D eigenvalue weighted by Gasteiger charge is 2.20. The van der Waals surface area contributed by atoms with Crippen LogP contribution in [0.3, 0.4) is 0 Å². The molecule has 0 saturated heterocycles. The number of rotatable bonds is 3. The minimum absolute atomic E-state index is 0.232. The van der Waals surface area contributed by atoms with Crippen molar-refractivity contribution in [2.24, 2.45) is 10.9 Å². The standard InChI is InChI=1S/C9H15NO2/c1-12-6-8-2-4-9(5-3-8)10-7-11/h8-9H,2-6H2,1H3. The van der Waals surface area contributed by atoms with Gasteiger partial charge in [0.2, 0.25) is 6.08 Å². The lowest BCUT2D eigenvalue weighted by Gasteiger charge is -2.24. The van der Waals surface area contributed by atoms with Crippen LogP contribution in [-0.4, -0.2) is 25.8 Å². The third-order valence-electron chi connectivity index (χ3n) is 2.45. The molecule has 12 heavy (non-hydrogen) atoms. The molecule has 0 spiro atoms. The summed E-state index contributed by atoms with van der Waals surface area (Å²) in [6.07, 6.45) is 5.92. The molecule has 0 atom stereocenters. The lowest BCUT2D eigenvalue weighted by molar-refractivity contribution is 0.128. The van der Waals surface area contributed by atoms with Crippen LogP contribution in [0.15, 0.2) is 4.99 Å². The predicted molar refractivity (Wildman–Crippen MR) is 45.7 cm³/mol. The zero-order valence-corrected chi connectivity index (χ0v) is 7.45. The van der Waals surface area contributed by atoms with Gasteiger partial charge in [0.1, 0.15) is 0 Å². The van der Waals surface area contributed by atoms with E-state index in [9.17, 15) is 4.79 Å². The Balaban J connectivity index is 2.24. The Bertz CT molecular complexity index is 167. The van der Waals surface area contributed by atoms with Crippen LogP contribution in [0.1, 0.15) is 25.7 Å². The van der Waals surface area contributed by atoms with Crippen LogP contribution in [0, 0.1) is 5.92 Å². The summed E-state index contributed by atoms with van der Waals surface area (Å²) in [5, 5.41) is 0. The van der Waals surface area contributed by atoms with E-state index in [1.165, 1.54) is 0 Å². The second-order valence-electron chi connectivity index (χ2n) is 3.35. The fourth-order valence-corrected chi connectivity index (χ4v) is 1.75. The lowest BCUT2D eigenvalue weighted by Crippen LogP contribution is -2.20. The molecule has 0 heterocycles. The fraction of sp³-hybridized carbons (Fsp3) is 0.889. The maximum absolute atomic E-state index is 9.96. The Kier molecular flexibility index (Phi) is 3.98. The first-order valence-corrected chi connectivity index (χ1v) is 4.42. The zero-order chi connectivity index (χ0) is 8.81. The van der Waals surface area contributed by atoms with Crippen LogP contribution in [0.2, 0.25) is 0 Å². The summed E-state index contributed by atoms with van der Waals surface area (Å²) in [6.45, 7) is 0.845. The van der Waals surface area contributed by atoms with Gasteiger partial charge in [0.15, 0.2) is 0 Å². The molecule has 3 heteroatoms. The van der Waals surface area contributed by atoms with E-state index in [4.69, 9.17) is 4.74 Å². The third-order valence-corrected chi connectivity index (χ3v) is 2.45. The number of hydrogen-bond donors (Lipinski definition) is 0. The highest BCUT2D eigenvalue weighted by Crippen LogP contribution is 2.25. The van der Waals surface area contributed by atoms with Crippen molar-refractivity contribution < 1.29 is 9.53 Å². The van der Waals surface area contributed by atoms with Gasteiger partial charge < -0.3 is 4.74 Å². The highest BCUT2D eigenvalue weighted by atomic mass is 16.5. The molecule has 0 bridgehead atoms. The van der Waals surface area contributed by atoms with Crippen molar-refractivity contribution in [2.45, 2.75) is 31.7 Å². The molecular formula is C9H15NO2. The average Bonchev–Trinajstić information content (AvgIpc) is 2.09. The molecular weight excluding hydrogens is 154 g/mol. The van der Waals surface area contributed by atoms with Crippen LogP contribution in [-0.2, 0) is 9.53 Å². The van der Waals surface area contributed by atoms with Gasteiger partial charge >= 0.3 is 0 Å². The Labute approximate surface area is 72.8 Å². The number of carbonyl (C=O) groups excluding carboxylic acids is 1. The maximum atomic E-state index is 9.96. The molecule has 0 radical (unpaired) electrons. The summed E-state index contributed by atoms with van der Waals surface area (Å²) in [5.74, 6) is 0.674. The van der Waals surface area contributed by atoms with Crippen molar-refractivity contribution in [2.75, 3.05) is 13.7 Å². The summed E-state index contributed by atoms with van der Waals surface area (Å²) in [5.41, 5.74) is 0. The SMILES string of the molecule is COCC1CCC(N=C=O)CC1. The van der Waals surface area contributed by atoms with Crippen molar-refractivity contribution in [1.82, 2.24) is 0 Å². The number of hydrogen-bond acceptors (Lipinski definition) is 3. The summed E-state index contributed by atoms with van der Waals surface area (Å²) in [6, 6.07) is 0.232. The van der Waals surface area contributed by atoms with Crippen molar-refractivity contribution >= 4 is 6.08 Å². The van der Waals surface area contributed by atoms with E-state index in [1.807, 2.05) is 0 Å². The lowest BCUT2D eigenvalue weighted by atomic mass is 9.87. The number of aliphatic imine (C=N–C) groups is 1. The molecule has 1 aliphatic carbocycles. The topological polar surface area (TPSA) is 38.7 Å². The first kappa shape index (κ1) is 9.43. The Morgan fingerprint density at radius 2 is 2.08 bits per heavy atom. The first-order chi connectivity index (χ1) is 5.86. The van der Waals surface area contributed by atoms with Crippen LogP contribution in [0.25, 0.3) is 0 Å². The average molecular weight is 169 g/mol. The molecule has 0 amide bonds. The maximum Gasteiger partial charge on any atom is 0.235 e. The molecule has 1 aliphatic rings. The van der Waals surface area contributed by atoms with Gasteiger partial charge in [-0.25, -0.2) is 9.79 Å². The smallest absolute Gasteiger partial charge is 0.235 e. The second kappa shape index (κ2) is 5.07. The van der Waals surface area contributed by atoms with E-state index < -0.39 is 0 Å². The fourth-order valence-electron chi connectivity index (χ4n) is 1.75. The molecule has 0 unspecified atom stereocenters. The van der Waals surface area contributed by atoms with E-state index in [1.54, 1.807) is 13.2 Å². The zero-order valence-electron chi connectivity index (χ0n) is 7.45. The Morgan fingerprint density at radius 3 is 2.58 bits per heavy atom. The molecule has 0 aromatic carbocycles. The Morgan fingerprint density at radius 1 is 1.42 bits per heavy atom. The van der Waals surface area contributed by atoms with E-state index in [-0.39, 0.29) is 6.04 Å². The number of methoxy groups -OCH3 is 1. The number of isocyanates is 1. The van der Waals surface area contributed by atoms with Gasteiger partial charge in [0, 0.05) is 13.7 Å². The largest absolute Gasteiger partial charge is 0.384 e. The van der Waals surface area contributed by atoms with Crippen LogP contribution >= 0.6 is 0 Å². The van der Waals surface area contributed by atoms with E-state index in [0.717, 1.165) is 32.3 Å². The van der Waals surface area contributed by atoms with Crippen molar-refractivity contribution in [1.29, 1.82) is 0 Å². The van der Waals surface area contributed by atoms with Gasteiger partial charge in [-0.1, -0.05) is 0 Å². The van der Waals surface area contributed by atoms with Gasteiger partial charge in [-0.2, -0.15) is 0 Å². The van der Waals surface area contributed by atoms with Crippen molar-refractivity contribution in [3.63, 3.8) is 0 Å². The molecule has 0 N–H and O–H groups in total. The molecule has 1 saturated carbocycles. The minimum atomic E-state index is 0.232. The normalized spacial score (nSPS) is 29.4. The molecule has 0 aliphatic heterocycles. The van der Waals surface area contributed by atoms with Gasteiger partial charge in [-0.3, -0.25) is 0 Å². The number of nitrogens with zero attached hydrogens (tertiary/aromatic N) is 1. The van der Waals surface area contributed by atoms with Gasteiger partial charge in [0.05, 0.1) is 6.04 Å². The minimum Gasteiger partial charge on any atom is -0.384 e. The summed E-state index contributed by atoms with van der Waals surface area (Å²) in [7, 11) is 1.73. The molecule has 1 rings (SSSR count). The van der Waals surface area contributed by atoms with Crippen LogP contribution in [0.4, 0.5) is 0 Å². The van der Waals surface area contributed by atoms with E-state index in [2.05, 4.69) is 4.99 Å². The van der Waals surface area contributed by atoms with E-state index in [0.29, 0.717) is 5.92 Å². The number of ether oxygens (including phenoxy) is 1. The molecule has 0 aromatic rings. The third kappa shape index (κ3) is 2.76. The van der Waals surface area contributed by atoms with E-state index >= 15 is 0 Å². The van der Waals surface area contributed by atoms with Gasteiger partial charge in [0.25, 0.3) is 0 Å². The summed E-state index contributed by atoms with van der Waals surface area (Å²) in [4.78, 5) is 13.7. The molecule has 3 nitrogen and oxygen atoms in total. The quantitative estimate of drug-likeness (QED) is 0.474. The van der Waals surface area contributed by atoms with Gasteiger partial charge in [-0.05, 0) is 31.6 Å². The van der Waals surface area contributed by atoms with Gasteiger partial charge in [-0.15, -0.1) is 0 Å².